The second-order valence-electron chi connectivity index (χ2n) is 8.33. The number of hydrogen-bond acceptors (Lipinski definition) is 3. The van der Waals surface area contributed by atoms with Crippen LogP contribution in [0.25, 0.3) is 0 Å². The molecule has 21 heavy (non-hydrogen) atoms. The molecular weight excluding hydrogens is 264 g/mol. The van der Waals surface area contributed by atoms with Crippen LogP contribution in [0.15, 0.2) is 0 Å². The van der Waals surface area contributed by atoms with Crippen molar-refractivity contribution >= 4 is 6.09 Å². The summed E-state index contributed by atoms with van der Waals surface area (Å²) in [5.41, 5.74) is -0.127. The van der Waals surface area contributed by atoms with Crippen LogP contribution in [0.3, 0.4) is 0 Å². The summed E-state index contributed by atoms with van der Waals surface area (Å²) in [6.45, 7) is 13.1. The van der Waals surface area contributed by atoms with E-state index >= 15 is 0 Å². The minimum atomic E-state index is -0.403. The van der Waals surface area contributed by atoms with Gasteiger partial charge in [-0.1, -0.05) is 13.8 Å². The quantitative estimate of drug-likeness (QED) is 0.849. The van der Waals surface area contributed by atoms with Crippen LogP contribution in [0.2, 0.25) is 0 Å². The molecule has 2 fully saturated rings. The molecule has 0 aromatic carbocycles. The number of hydrogen-bond donors (Lipinski definition) is 1. The molecule has 1 spiro atoms. The van der Waals surface area contributed by atoms with Gasteiger partial charge in [-0.15, -0.1) is 0 Å². The number of carbonyl (C=O) groups is 1. The van der Waals surface area contributed by atoms with E-state index in [1.54, 1.807) is 0 Å². The minimum absolute atomic E-state index is 0.158. The van der Waals surface area contributed by atoms with Crippen LogP contribution >= 0.6 is 0 Å². The fourth-order valence-corrected chi connectivity index (χ4v) is 3.72. The Balaban J connectivity index is 1.82. The Bertz CT molecular complexity index is 365. The number of rotatable bonds is 2. The van der Waals surface area contributed by atoms with E-state index in [1.807, 2.05) is 25.7 Å². The Morgan fingerprint density at radius 2 is 1.95 bits per heavy atom. The molecule has 2 aliphatic rings. The van der Waals surface area contributed by atoms with E-state index < -0.39 is 5.60 Å². The number of ether oxygens (including phenoxy) is 1. The highest BCUT2D eigenvalue weighted by Gasteiger charge is 2.42. The lowest BCUT2D eigenvalue weighted by molar-refractivity contribution is 0.0156. The molecule has 122 valence electrons. The average Bonchev–Trinajstić information content (AvgIpc) is 2.70. The van der Waals surface area contributed by atoms with E-state index in [0.717, 1.165) is 44.3 Å². The number of amides is 1. The molecule has 0 radical (unpaired) electrons. The van der Waals surface area contributed by atoms with Crippen LogP contribution in [0.5, 0.6) is 0 Å². The predicted molar refractivity (Wildman–Crippen MR) is 85.3 cm³/mol. The molecule has 0 aliphatic carbocycles. The van der Waals surface area contributed by atoms with Crippen LogP contribution < -0.4 is 5.32 Å². The van der Waals surface area contributed by atoms with Gasteiger partial charge in [-0.3, -0.25) is 0 Å². The second kappa shape index (κ2) is 6.15. The van der Waals surface area contributed by atoms with Crippen molar-refractivity contribution in [3.63, 3.8) is 0 Å². The third kappa shape index (κ3) is 4.60. The van der Waals surface area contributed by atoms with E-state index in [-0.39, 0.29) is 11.6 Å². The molecule has 0 saturated carbocycles. The van der Waals surface area contributed by atoms with Crippen molar-refractivity contribution in [1.29, 1.82) is 0 Å². The molecular formula is C17H32N2O2. The summed E-state index contributed by atoms with van der Waals surface area (Å²) in [5.74, 6) is 1.58. The summed E-state index contributed by atoms with van der Waals surface area (Å²) in [4.78, 5) is 14.0. The van der Waals surface area contributed by atoms with Gasteiger partial charge in [-0.25, -0.2) is 4.79 Å². The van der Waals surface area contributed by atoms with Crippen LogP contribution in [0.1, 0.15) is 60.3 Å². The molecule has 4 heteroatoms. The maximum Gasteiger partial charge on any atom is 0.410 e. The van der Waals surface area contributed by atoms with Crippen LogP contribution in [-0.2, 0) is 4.74 Å². The fraction of sp³-hybridized carbons (Fsp3) is 0.941. The van der Waals surface area contributed by atoms with Gasteiger partial charge >= 0.3 is 6.09 Å². The largest absolute Gasteiger partial charge is 0.444 e. The van der Waals surface area contributed by atoms with Crippen molar-refractivity contribution in [2.75, 3.05) is 19.6 Å². The highest BCUT2D eigenvalue weighted by molar-refractivity contribution is 5.68. The van der Waals surface area contributed by atoms with Crippen LogP contribution in [0.4, 0.5) is 4.79 Å². The molecule has 0 aromatic rings. The summed E-state index contributed by atoms with van der Waals surface area (Å²) < 4.78 is 5.47. The van der Waals surface area contributed by atoms with Gasteiger partial charge in [0.15, 0.2) is 0 Å². The topological polar surface area (TPSA) is 41.6 Å². The summed E-state index contributed by atoms with van der Waals surface area (Å²) in [7, 11) is 0. The molecule has 2 rings (SSSR count). The number of nitrogens with zero attached hydrogens (tertiary/aromatic N) is 1. The average molecular weight is 296 g/mol. The van der Waals surface area contributed by atoms with Crippen molar-refractivity contribution in [2.45, 2.75) is 71.4 Å². The molecule has 2 saturated heterocycles. The van der Waals surface area contributed by atoms with Crippen molar-refractivity contribution in [3.8, 4) is 0 Å². The summed E-state index contributed by atoms with van der Waals surface area (Å²) in [6, 6.07) is 0. The first-order valence-electron chi connectivity index (χ1n) is 8.42. The molecule has 1 N–H and O–H groups in total. The summed E-state index contributed by atoms with van der Waals surface area (Å²) in [6.07, 6.45) is 4.54. The fourth-order valence-electron chi connectivity index (χ4n) is 3.72. The zero-order valence-electron chi connectivity index (χ0n) is 14.4. The van der Waals surface area contributed by atoms with Gasteiger partial charge < -0.3 is 15.0 Å². The molecule has 0 aromatic heterocycles. The van der Waals surface area contributed by atoms with E-state index in [4.69, 9.17) is 4.74 Å². The zero-order chi connectivity index (χ0) is 15.7. The zero-order valence-corrected chi connectivity index (χ0v) is 14.4. The molecule has 0 bridgehead atoms. The lowest BCUT2D eigenvalue weighted by Crippen LogP contribution is -2.52. The first kappa shape index (κ1) is 16.6. The predicted octanol–water partition coefficient (Wildman–Crippen LogP) is 3.41. The Morgan fingerprint density at radius 3 is 2.48 bits per heavy atom. The van der Waals surface area contributed by atoms with Crippen LogP contribution in [-0.4, -0.2) is 41.8 Å². The van der Waals surface area contributed by atoms with Crippen molar-refractivity contribution in [1.82, 2.24) is 10.2 Å². The second-order valence-corrected chi connectivity index (χ2v) is 8.33. The van der Waals surface area contributed by atoms with E-state index in [2.05, 4.69) is 19.2 Å². The minimum Gasteiger partial charge on any atom is -0.444 e. The normalized spacial score (nSPS) is 25.6. The van der Waals surface area contributed by atoms with E-state index in [9.17, 15) is 4.79 Å². The van der Waals surface area contributed by atoms with E-state index in [0.29, 0.717) is 0 Å². The maximum absolute atomic E-state index is 12.1. The lowest BCUT2D eigenvalue weighted by atomic mass is 9.82. The number of piperidine rings is 1. The monoisotopic (exact) mass is 296 g/mol. The Kier molecular flexibility index (Phi) is 4.86. The van der Waals surface area contributed by atoms with Crippen molar-refractivity contribution in [3.05, 3.63) is 0 Å². The third-order valence-electron chi connectivity index (χ3n) is 4.62. The first-order valence-corrected chi connectivity index (χ1v) is 8.42. The smallest absolute Gasteiger partial charge is 0.410 e. The SMILES string of the molecule is CC(C)CC1CNC2(CCN(C(=O)OC(C)(C)C)CC2)C1. The maximum atomic E-state index is 12.1. The van der Waals surface area contributed by atoms with E-state index in [1.165, 1.54) is 12.8 Å². The van der Waals surface area contributed by atoms with Gasteiger partial charge in [0.05, 0.1) is 0 Å². The molecule has 1 unspecified atom stereocenters. The van der Waals surface area contributed by atoms with Gasteiger partial charge in [0.25, 0.3) is 0 Å². The highest BCUT2D eigenvalue weighted by atomic mass is 16.6. The van der Waals surface area contributed by atoms with Crippen molar-refractivity contribution < 1.29 is 9.53 Å². The first-order chi connectivity index (χ1) is 9.69. The Labute approximate surface area is 129 Å². The summed E-state index contributed by atoms with van der Waals surface area (Å²) >= 11 is 0. The third-order valence-corrected chi connectivity index (χ3v) is 4.62. The standard InChI is InChI=1S/C17H32N2O2/c1-13(2)10-14-11-17(18-12-14)6-8-19(9-7-17)15(20)21-16(3,4)5/h13-14,18H,6-12H2,1-5H3. The van der Waals surface area contributed by atoms with Gasteiger partial charge in [0.2, 0.25) is 0 Å². The number of likely N-dealkylation sites (tertiary alicyclic amines) is 1. The van der Waals surface area contributed by atoms with Gasteiger partial charge in [-0.05, 0) is 64.8 Å². The molecule has 2 aliphatic heterocycles. The summed E-state index contributed by atoms with van der Waals surface area (Å²) in [5, 5.41) is 3.76. The molecule has 1 atom stereocenters. The lowest BCUT2D eigenvalue weighted by Gasteiger charge is -2.40. The molecule has 4 nitrogen and oxygen atoms in total. The molecule has 2 heterocycles. The van der Waals surface area contributed by atoms with Gasteiger partial charge in [0.1, 0.15) is 5.60 Å². The van der Waals surface area contributed by atoms with Crippen molar-refractivity contribution in [2.24, 2.45) is 11.8 Å². The highest BCUT2D eigenvalue weighted by Crippen LogP contribution is 2.36. The number of nitrogens with one attached hydrogen (secondary N) is 1. The van der Waals surface area contributed by atoms with Gasteiger partial charge in [-0.2, -0.15) is 0 Å². The Morgan fingerprint density at radius 1 is 1.33 bits per heavy atom. The number of carbonyl (C=O) groups excluding carboxylic acids is 1. The van der Waals surface area contributed by atoms with Gasteiger partial charge in [0, 0.05) is 18.6 Å². The molecule has 1 amide bonds. The Hall–Kier alpha value is -0.770. The van der Waals surface area contributed by atoms with Crippen LogP contribution in [0, 0.1) is 11.8 Å².